The number of aliphatic carboxylic acids is 1. The molecule has 1 rings (SSSR count). The minimum Gasteiger partial charge on any atom is -0.480 e. The molecule has 0 saturated heterocycles. The molecule has 1 aromatic carbocycles. The van der Waals surface area contributed by atoms with E-state index in [1.807, 2.05) is 4.72 Å². The summed E-state index contributed by atoms with van der Waals surface area (Å²) in [4.78, 5) is 21.6. The van der Waals surface area contributed by atoms with Gasteiger partial charge in [0.2, 0.25) is 15.9 Å². The van der Waals surface area contributed by atoms with E-state index < -0.39 is 39.5 Å². The van der Waals surface area contributed by atoms with Crippen LogP contribution in [0.2, 0.25) is 0 Å². The van der Waals surface area contributed by atoms with Gasteiger partial charge in [0.1, 0.15) is 11.9 Å². The second kappa shape index (κ2) is 7.14. The molecule has 9 heteroatoms. The van der Waals surface area contributed by atoms with Crippen molar-refractivity contribution >= 4 is 21.9 Å². The molecule has 0 bridgehead atoms. The van der Waals surface area contributed by atoms with E-state index in [0.717, 1.165) is 12.1 Å². The van der Waals surface area contributed by atoms with Gasteiger partial charge in [-0.2, -0.15) is 0 Å². The van der Waals surface area contributed by atoms with Crippen LogP contribution in [0.15, 0.2) is 24.3 Å². The van der Waals surface area contributed by atoms with Gasteiger partial charge in [0.25, 0.3) is 0 Å². The normalized spacial score (nSPS) is 12.8. The number of carboxylic acid groups (broad SMARTS) is 1. The lowest BCUT2D eigenvalue weighted by Crippen LogP contribution is -2.41. The first-order valence-corrected chi connectivity index (χ1v) is 7.60. The fourth-order valence-corrected chi connectivity index (χ4v) is 2.94. The number of halogens is 1. The van der Waals surface area contributed by atoms with Crippen LogP contribution in [0.3, 0.4) is 0 Å². The molecule has 0 aliphatic heterocycles. The fourth-order valence-electron chi connectivity index (χ4n) is 1.58. The predicted molar refractivity (Wildman–Crippen MR) is 72.0 cm³/mol. The summed E-state index contributed by atoms with van der Waals surface area (Å²) < 4.78 is 38.4. The maximum absolute atomic E-state index is 12.7. The molecule has 1 amide bonds. The third-order valence-corrected chi connectivity index (χ3v) is 3.93. The number of carbonyl (C=O) groups excluding carboxylic acids is 1. The van der Waals surface area contributed by atoms with Crippen molar-refractivity contribution in [1.82, 2.24) is 4.72 Å². The van der Waals surface area contributed by atoms with Gasteiger partial charge < -0.3 is 10.8 Å². The maximum atomic E-state index is 12.7. The fraction of sp³-hybridized carbons (Fsp3) is 0.333. The van der Waals surface area contributed by atoms with E-state index in [9.17, 15) is 22.4 Å². The van der Waals surface area contributed by atoms with Gasteiger partial charge in [-0.25, -0.2) is 17.5 Å². The SMILES string of the molecule is NC(=O)CC[C@H](NS(=O)(=O)Cc1ccc(F)cc1)C(=O)O. The average Bonchev–Trinajstić information content (AvgIpc) is 2.36. The van der Waals surface area contributed by atoms with Crippen molar-refractivity contribution in [3.63, 3.8) is 0 Å². The number of sulfonamides is 1. The van der Waals surface area contributed by atoms with Crippen molar-refractivity contribution < 1.29 is 27.5 Å². The quantitative estimate of drug-likeness (QED) is 0.620. The van der Waals surface area contributed by atoms with E-state index in [0.29, 0.717) is 5.56 Å². The number of benzene rings is 1. The number of rotatable bonds is 8. The largest absolute Gasteiger partial charge is 0.480 e. The van der Waals surface area contributed by atoms with Gasteiger partial charge in [0, 0.05) is 6.42 Å². The van der Waals surface area contributed by atoms with Crippen molar-refractivity contribution in [2.45, 2.75) is 24.6 Å². The van der Waals surface area contributed by atoms with Gasteiger partial charge in [0.15, 0.2) is 0 Å². The number of hydrogen-bond acceptors (Lipinski definition) is 4. The number of amides is 1. The van der Waals surface area contributed by atoms with E-state index in [4.69, 9.17) is 10.8 Å². The molecule has 4 N–H and O–H groups in total. The van der Waals surface area contributed by atoms with Crippen LogP contribution in [0.1, 0.15) is 18.4 Å². The molecule has 21 heavy (non-hydrogen) atoms. The number of carbonyl (C=O) groups is 2. The molecule has 1 aromatic rings. The molecular formula is C12H15FN2O5S. The molecule has 0 unspecified atom stereocenters. The second-order valence-electron chi connectivity index (χ2n) is 4.40. The highest BCUT2D eigenvalue weighted by Gasteiger charge is 2.24. The van der Waals surface area contributed by atoms with Gasteiger partial charge >= 0.3 is 5.97 Å². The van der Waals surface area contributed by atoms with E-state index in [1.165, 1.54) is 12.1 Å². The van der Waals surface area contributed by atoms with Crippen LogP contribution in [0, 0.1) is 5.82 Å². The van der Waals surface area contributed by atoms with E-state index >= 15 is 0 Å². The van der Waals surface area contributed by atoms with Gasteiger partial charge in [-0.3, -0.25) is 9.59 Å². The summed E-state index contributed by atoms with van der Waals surface area (Å²) in [7, 11) is -3.95. The van der Waals surface area contributed by atoms with Crippen LogP contribution >= 0.6 is 0 Å². The van der Waals surface area contributed by atoms with Crippen molar-refractivity contribution in [1.29, 1.82) is 0 Å². The Kier molecular flexibility index (Phi) is 5.79. The Bertz CT molecular complexity index is 615. The van der Waals surface area contributed by atoms with Crippen LogP contribution in [-0.4, -0.2) is 31.4 Å². The molecule has 7 nitrogen and oxygen atoms in total. The third kappa shape index (κ3) is 6.32. The Balaban J connectivity index is 2.74. The van der Waals surface area contributed by atoms with Crippen LogP contribution in [0.5, 0.6) is 0 Å². The first-order valence-electron chi connectivity index (χ1n) is 5.95. The number of hydrogen-bond donors (Lipinski definition) is 3. The average molecular weight is 318 g/mol. The number of nitrogens with one attached hydrogen (secondary N) is 1. The van der Waals surface area contributed by atoms with Crippen LogP contribution < -0.4 is 10.5 Å². The topological polar surface area (TPSA) is 127 Å². The predicted octanol–water partition coefficient (Wildman–Crippen LogP) is -0.0362. The van der Waals surface area contributed by atoms with Crippen LogP contribution in [0.25, 0.3) is 0 Å². The van der Waals surface area contributed by atoms with Crippen LogP contribution in [-0.2, 0) is 25.4 Å². The van der Waals surface area contributed by atoms with Crippen molar-refractivity contribution in [3.8, 4) is 0 Å². The van der Waals surface area contributed by atoms with Crippen molar-refractivity contribution in [3.05, 3.63) is 35.6 Å². The summed E-state index contributed by atoms with van der Waals surface area (Å²) in [6.45, 7) is 0. The molecule has 0 aliphatic carbocycles. The minimum atomic E-state index is -3.95. The second-order valence-corrected chi connectivity index (χ2v) is 6.15. The molecule has 0 aliphatic rings. The summed E-state index contributed by atoms with van der Waals surface area (Å²) in [5, 5.41) is 8.92. The lowest BCUT2D eigenvalue weighted by atomic mass is 10.2. The summed E-state index contributed by atoms with van der Waals surface area (Å²) in [5.41, 5.74) is 5.21. The van der Waals surface area contributed by atoms with E-state index in [-0.39, 0.29) is 12.8 Å². The van der Waals surface area contributed by atoms with Gasteiger partial charge in [0.05, 0.1) is 5.75 Å². The first-order chi connectivity index (χ1) is 9.69. The summed E-state index contributed by atoms with van der Waals surface area (Å²) in [6, 6.07) is 3.34. The number of primary amides is 1. The Morgan fingerprint density at radius 3 is 2.33 bits per heavy atom. The number of nitrogens with two attached hydrogens (primary N) is 1. The van der Waals surface area contributed by atoms with Crippen molar-refractivity contribution in [2.75, 3.05) is 0 Å². The Hall–Kier alpha value is -2.00. The van der Waals surface area contributed by atoms with E-state index in [1.54, 1.807) is 0 Å². The maximum Gasteiger partial charge on any atom is 0.321 e. The zero-order chi connectivity index (χ0) is 16.0. The highest BCUT2D eigenvalue weighted by Crippen LogP contribution is 2.08. The zero-order valence-corrected chi connectivity index (χ0v) is 11.8. The van der Waals surface area contributed by atoms with Gasteiger partial charge in [-0.05, 0) is 24.1 Å². The number of carboxylic acids is 1. The molecule has 0 radical (unpaired) electrons. The molecular weight excluding hydrogens is 303 g/mol. The molecule has 1 atom stereocenters. The molecule has 0 fully saturated rings. The smallest absolute Gasteiger partial charge is 0.321 e. The highest BCUT2D eigenvalue weighted by atomic mass is 32.2. The zero-order valence-electron chi connectivity index (χ0n) is 11.0. The minimum absolute atomic E-state index is 0.243. The Labute approximate surface area is 121 Å². The van der Waals surface area contributed by atoms with Crippen LogP contribution in [0.4, 0.5) is 4.39 Å². The Morgan fingerprint density at radius 1 is 1.29 bits per heavy atom. The molecule has 0 heterocycles. The highest BCUT2D eigenvalue weighted by molar-refractivity contribution is 7.88. The first kappa shape index (κ1) is 17.1. The van der Waals surface area contributed by atoms with Gasteiger partial charge in [-0.15, -0.1) is 0 Å². The summed E-state index contributed by atoms with van der Waals surface area (Å²) in [5.74, 6) is -3.12. The lowest BCUT2D eigenvalue weighted by molar-refractivity contribution is -0.139. The molecule has 0 aromatic heterocycles. The van der Waals surface area contributed by atoms with Crippen molar-refractivity contribution in [2.24, 2.45) is 5.73 Å². The summed E-state index contributed by atoms with van der Waals surface area (Å²) >= 11 is 0. The molecule has 0 saturated carbocycles. The van der Waals surface area contributed by atoms with E-state index in [2.05, 4.69) is 0 Å². The monoisotopic (exact) mass is 318 g/mol. The molecule has 116 valence electrons. The third-order valence-electron chi connectivity index (χ3n) is 2.57. The summed E-state index contributed by atoms with van der Waals surface area (Å²) in [6.07, 6.45) is -0.497. The molecule has 0 spiro atoms. The Morgan fingerprint density at radius 2 is 1.86 bits per heavy atom. The lowest BCUT2D eigenvalue weighted by Gasteiger charge is -2.14. The van der Waals surface area contributed by atoms with Gasteiger partial charge in [-0.1, -0.05) is 12.1 Å². The standard InChI is InChI=1S/C12H15FN2O5S/c13-9-3-1-8(2-4-9)7-21(19,20)15-10(12(17)18)5-6-11(14)16/h1-4,10,15H,5-7H2,(H2,14,16)(H,17,18)/t10-/m0/s1.